The molecule has 4 heteroatoms. The van der Waals surface area contributed by atoms with E-state index in [0.29, 0.717) is 5.84 Å². The fourth-order valence-electron chi connectivity index (χ4n) is 2.58. The highest BCUT2D eigenvalue weighted by molar-refractivity contribution is 6.03. The number of hydrogen-bond donors (Lipinski definition) is 2. The molecule has 0 amide bonds. The lowest BCUT2D eigenvalue weighted by Gasteiger charge is -2.46. The van der Waals surface area contributed by atoms with Gasteiger partial charge in [-0.05, 0) is 32.5 Å². The zero-order valence-corrected chi connectivity index (χ0v) is 11.2. The standard InChI is InChI=1S/C14H21N3O/c1-14(16-2)12(18-3)9-10-17(13(14)15)11-7-5-4-6-8-11/h4-8,12,15-16H,9-10H2,1-3H3. The summed E-state index contributed by atoms with van der Waals surface area (Å²) in [5, 5.41) is 11.7. The summed E-state index contributed by atoms with van der Waals surface area (Å²) in [6.45, 7) is 2.84. The molecule has 0 bridgehead atoms. The fraction of sp³-hybridized carbons (Fsp3) is 0.500. The second kappa shape index (κ2) is 5.08. The van der Waals surface area contributed by atoms with Crippen molar-refractivity contribution in [1.29, 1.82) is 5.41 Å². The molecule has 4 nitrogen and oxygen atoms in total. The molecular formula is C14H21N3O. The largest absolute Gasteiger partial charge is 0.379 e. The third-order valence-electron chi connectivity index (χ3n) is 3.89. The molecule has 1 saturated heterocycles. The lowest BCUT2D eigenvalue weighted by molar-refractivity contribution is 0.0441. The van der Waals surface area contributed by atoms with Crippen molar-refractivity contribution in [3.05, 3.63) is 30.3 Å². The highest BCUT2D eigenvalue weighted by Gasteiger charge is 2.44. The van der Waals surface area contributed by atoms with Crippen molar-refractivity contribution in [3.63, 3.8) is 0 Å². The first-order chi connectivity index (χ1) is 8.63. The molecule has 1 aliphatic heterocycles. The fourth-order valence-corrected chi connectivity index (χ4v) is 2.58. The van der Waals surface area contributed by atoms with E-state index in [1.165, 1.54) is 0 Å². The van der Waals surface area contributed by atoms with Crippen LogP contribution >= 0.6 is 0 Å². The van der Waals surface area contributed by atoms with Crippen molar-refractivity contribution >= 4 is 11.5 Å². The second-order valence-corrected chi connectivity index (χ2v) is 4.80. The van der Waals surface area contributed by atoms with E-state index in [2.05, 4.69) is 5.32 Å². The third-order valence-corrected chi connectivity index (χ3v) is 3.89. The molecule has 1 aromatic rings. The molecule has 1 aromatic carbocycles. The van der Waals surface area contributed by atoms with E-state index in [-0.39, 0.29) is 6.10 Å². The maximum Gasteiger partial charge on any atom is 0.123 e. The van der Waals surface area contributed by atoms with Gasteiger partial charge in [-0.15, -0.1) is 0 Å². The van der Waals surface area contributed by atoms with Crippen LogP contribution < -0.4 is 10.2 Å². The number of hydrogen-bond acceptors (Lipinski definition) is 3. The van der Waals surface area contributed by atoms with E-state index in [9.17, 15) is 0 Å². The van der Waals surface area contributed by atoms with Gasteiger partial charge >= 0.3 is 0 Å². The van der Waals surface area contributed by atoms with Gasteiger partial charge < -0.3 is 15.0 Å². The number of nitrogens with one attached hydrogen (secondary N) is 2. The Hall–Kier alpha value is -1.39. The van der Waals surface area contributed by atoms with Crippen LogP contribution in [0.25, 0.3) is 0 Å². The van der Waals surface area contributed by atoms with Gasteiger partial charge in [0.1, 0.15) is 5.84 Å². The quantitative estimate of drug-likeness (QED) is 0.857. The molecule has 0 saturated carbocycles. The van der Waals surface area contributed by atoms with E-state index in [0.717, 1.165) is 18.7 Å². The van der Waals surface area contributed by atoms with Gasteiger partial charge in [0, 0.05) is 19.3 Å². The first-order valence-corrected chi connectivity index (χ1v) is 6.26. The van der Waals surface area contributed by atoms with Crippen LogP contribution in [0.3, 0.4) is 0 Å². The summed E-state index contributed by atoms with van der Waals surface area (Å²) < 4.78 is 5.52. The van der Waals surface area contributed by atoms with Crippen molar-refractivity contribution in [2.75, 3.05) is 25.6 Å². The van der Waals surface area contributed by atoms with Gasteiger partial charge in [0.2, 0.25) is 0 Å². The summed E-state index contributed by atoms with van der Waals surface area (Å²) in [6.07, 6.45) is 0.945. The van der Waals surface area contributed by atoms with Crippen LogP contribution in [0.5, 0.6) is 0 Å². The molecule has 0 spiro atoms. The lowest BCUT2D eigenvalue weighted by atomic mass is 9.86. The molecule has 0 aromatic heterocycles. The minimum atomic E-state index is -0.442. The van der Waals surface area contributed by atoms with Crippen molar-refractivity contribution in [1.82, 2.24) is 5.32 Å². The molecule has 2 unspecified atom stereocenters. The Morgan fingerprint density at radius 1 is 1.39 bits per heavy atom. The maximum atomic E-state index is 8.45. The number of rotatable bonds is 3. The third kappa shape index (κ3) is 2.02. The van der Waals surface area contributed by atoms with Gasteiger partial charge in [-0.25, -0.2) is 0 Å². The molecule has 2 rings (SSSR count). The Balaban J connectivity index is 2.30. The molecule has 1 aliphatic rings. The van der Waals surface area contributed by atoms with Crippen LogP contribution in [-0.4, -0.2) is 38.2 Å². The van der Waals surface area contributed by atoms with E-state index in [1.54, 1.807) is 7.11 Å². The number of anilines is 1. The van der Waals surface area contributed by atoms with Crippen LogP contribution in [0.1, 0.15) is 13.3 Å². The number of likely N-dealkylation sites (N-methyl/N-ethyl adjacent to an activating group) is 1. The van der Waals surface area contributed by atoms with Crippen LogP contribution in [0.15, 0.2) is 30.3 Å². The number of benzene rings is 1. The van der Waals surface area contributed by atoms with Crippen molar-refractivity contribution in [2.45, 2.75) is 25.0 Å². The number of nitrogens with zero attached hydrogens (tertiary/aromatic N) is 1. The number of methoxy groups -OCH3 is 1. The minimum Gasteiger partial charge on any atom is -0.379 e. The summed E-state index contributed by atoms with van der Waals surface area (Å²) in [5.74, 6) is 0.564. The van der Waals surface area contributed by atoms with Gasteiger partial charge in [0.15, 0.2) is 0 Å². The molecule has 18 heavy (non-hydrogen) atoms. The molecule has 1 fully saturated rings. The van der Waals surface area contributed by atoms with Crippen molar-refractivity contribution in [3.8, 4) is 0 Å². The first-order valence-electron chi connectivity index (χ1n) is 6.26. The zero-order valence-electron chi connectivity index (χ0n) is 11.2. The Bertz CT molecular complexity index is 420. The average Bonchev–Trinajstić information content (AvgIpc) is 2.42. The predicted octanol–water partition coefficient (Wildman–Crippen LogP) is 1.87. The highest BCUT2D eigenvalue weighted by Crippen LogP contribution is 2.28. The Morgan fingerprint density at radius 3 is 2.61 bits per heavy atom. The summed E-state index contributed by atoms with van der Waals surface area (Å²) in [7, 11) is 3.60. The van der Waals surface area contributed by atoms with Crippen LogP contribution in [0.4, 0.5) is 5.69 Å². The predicted molar refractivity (Wildman–Crippen MR) is 74.4 cm³/mol. The van der Waals surface area contributed by atoms with Gasteiger partial charge in [0.25, 0.3) is 0 Å². The van der Waals surface area contributed by atoms with Crippen molar-refractivity contribution < 1.29 is 4.74 Å². The highest BCUT2D eigenvalue weighted by atomic mass is 16.5. The van der Waals surface area contributed by atoms with Gasteiger partial charge in [-0.3, -0.25) is 5.41 Å². The van der Waals surface area contributed by atoms with Gasteiger partial charge in [-0.2, -0.15) is 0 Å². The summed E-state index contributed by atoms with van der Waals surface area (Å²) >= 11 is 0. The topological polar surface area (TPSA) is 48.4 Å². The molecule has 2 N–H and O–H groups in total. The number of amidine groups is 1. The van der Waals surface area contributed by atoms with E-state index >= 15 is 0 Å². The second-order valence-electron chi connectivity index (χ2n) is 4.80. The van der Waals surface area contributed by atoms with Gasteiger partial charge in [-0.1, -0.05) is 18.2 Å². The number of piperidine rings is 1. The van der Waals surface area contributed by atoms with E-state index in [4.69, 9.17) is 10.1 Å². The molecular weight excluding hydrogens is 226 g/mol. The normalized spacial score (nSPS) is 28.5. The summed E-state index contributed by atoms with van der Waals surface area (Å²) in [4.78, 5) is 2.05. The zero-order chi connectivity index (χ0) is 13.2. The lowest BCUT2D eigenvalue weighted by Crippen LogP contribution is -2.66. The summed E-state index contributed by atoms with van der Waals surface area (Å²) in [5.41, 5.74) is 0.626. The molecule has 98 valence electrons. The SMILES string of the molecule is CNC1(C)C(=N)N(c2ccccc2)CCC1OC. The van der Waals surface area contributed by atoms with Crippen molar-refractivity contribution in [2.24, 2.45) is 0 Å². The van der Waals surface area contributed by atoms with Crippen LogP contribution in [-0.2, 0) is 4.74 Å². The van der Waals surface area contributed by atoms with Gasteiger partial charge in [0.05, 0.1) is 11.6 Å². The Kier molecular flexibility index (Phi) is 3.68. The van der Waals surface area contributed by atoms with Crippen LogP contribution in [0.2, 0.25) is 0 Å². The smallest absolute Gasteiger partial charge is 0.123 e. The molecule has 1 heterocycles. The molecule has 0 radical (unpaired) electrons. The Morgan fingerprint density at radius 2 is 2.06 bits per heavy atom. The molecule has 2 atom stereocenters. The number of ether oxygens (including phenoxy) is 1. The minimum absolute atomic E-state index is 0.0370. The average molecular weight is 247 g/mol. The monoisotopic (exact) mass is 247 g/mol. The summed E-state index contributed by atoms with van der Waals surface area (Å²) in [6, 6.07) is 10.1. The van der Waals surface area contributed by atoms with E-state index in [1.807, 2.05) is 49.2 Å². The van der Waals surface area contributed by atoms with Crippen LogP contribution in [0, 0.1) is 5.41 Å². The molecule has 0 aliphatic carbocycles. The number of para-hydroxylation sites is 1. The Labute approximate surface area is 108 Å². The first kappa shape index (κ1) is 13.1. The van der Waals surface area contributed by atoms with E-state index < -0.39 is 5.54 Å². The maximum absolute atomic E-state index is 8.45.